The molecule has 0 aromatic heterocycles. The molecule has 0 aliphatic carbocycles. The molecule has 0 saturated heterocycles. The van der Waals surface area contributed by atoms with Crippen molar-refractivity contribution in [2.24, 2.45) is 0 Å². The first-order valence-corrected chi connectivity index (χ1v) is 6.46. The first kappa shape index (κ1) is 12.3. The molecule has 2 aromatic rings. The van der Waals surface area contributed by atoms with Crippen molar-refractivity contribution in [3.63, 3.8) is 0 Å². The molecule has 0 saturated carbocycles. The molecule has 0 aliphatic heterocycles. The summed E-state index contributed by atoms with van der Waals surface area (Å²) in [6.07, 6.45) is 0. The van der Waals surface area contributed by atoms with Crippen molar-refractivity contribution in [1.82, 2.24) is 0 Å². The monoisotopic (exact) mass is 264 g/mol. The minimum Gasteiger partial charge on any atom is -0.497 e. The van der Waals surface area contributed by atoms with Crippen LogP contribution in [-0.2, 0) is 0 Å². The molecule has 1 nitrogen and oxygen atoms in total. The molecule has 0 atom stereocenters. The van der Waals surface area contributed by atoms with Gasteiger partial charge in [-0.05, 0) is 55.0 Å². The zero-order chi connectivity index (χ0) is 12.3. The second-order valence-corrected chi connectivity index (χ2v) is 5.24. The average Bonchev–Trinajstić information content (AvgIpc) is 2.34. The van der Waals surface area contributed by atoms with E-state index in [0.29, 0.717) is 0 Å². The molecule has 0 spiro atoms. The minimum atomic E-state index is 0.765. The third kappa shape index (κ3) is 3.18. The highest BCUT2D eigenvalue weighted by Gasteiger charge is 2.02. The summed E-state index contributed by atoms with van der Waals surface area (Å²) in [5, 5.41) is 0.765. The van der Waals surface area contributed by atoms with Gasteiger partial charge in [0, 0.05) is 14.8 Å². The van der Waals surface area contributed by atoms with Crippen LogP contribution in [0.4, 0.5) is 0 Å². The maximum atomic E-state index is 5.86. The molecule has 2 rings (SSSR count). The number of hydrogen-bond donors (Lipinski definition) is 0. The lowest BCUT2D eigenvalue weighted by atomic mass is 10.2. The van der Waals surface area contributed by atoms with Crippen molar-refractivity contribution >= 4 is 23.4 Å². The standard InChI is InChI=1S/C14H13ClOS/c1-10-9-12(16-2)5-8-14(10)17-13-6-3-11(15)4-7-13/h3-9H,1-2H3. The summed E-state index contributed by atoms with van der Waals surface area (Å²) in [6.45, 7) is 2.08. The summed E-state index contributed by atoms with van der Waals surface area (Å²) in [7, 11) is 1.68. The van der Waals surface area contributed by atoms with Crippen molar-refractivity contribution in [2.45, 2.75) is 16.7 Å². The number of methoxy groups -OCH3 is 1. The van der Waals surface area contributed by atoms with Gasteiger partial charge in [-0.2, -0.15) is 0 Å². The molecule has 0 fully saturated rings. The van der Waals surface area contributed by atoms with E-state index < -0.39 is 0 Å². The van der Waals surface area contributed by atoms with Gasteiger partial charge >= 0.3 is 0 Å². The fourth-order valence-corrected chi connectivity index (χ4v) is 2.50. The fourth-order valence-electron chi connectivity index (χ4n) is 1.49. The molecule has 3 heteroatoms. The maximum absolute atomic E-state index is 5.86. The van der Waals surface area contributed by atoms with Gasteiger partial charge in [-0.25, -0.2) is 0 Å². The van der Waals surface area contributed by atoms with E-state index >= 15 is 0 Å². The molecule has 0 radical (unpaired) electrons. The topological polar surface area (TPSA) is 9.23 Å². The molecular weight excluding hydrogens is 252 g/mol. The largest absolute Gasteiger partial charge is 0.497 e. The lowest BCUT2D eigenvalue weighted by molar-refractivity contribution is 0.414. The van der Waals surface area contributed by atoms with E-state index in [4.69, 9.17) is 16.3 Å². The highest BCUT2D eigenvalue weighted by Crippen LogP contribution is 2.32. The normalized spacial score (nSPS) is 10.3. The van der Waals surface area contributed by atoms with Gasteiger partial charge in [0.1, 0.15) is 5.75 Å². The molecule has 0 amide bonds. The van der Waals surface area contributed by atoms with E-state index in [1.807, 2.05) is 36.4 Å². The minimum absolute atomic E-state index is 0.765. The van der Waals surface area contributed by atoms with Gasteiger partial charge in [-0.3, -0.25) is 0 Å². The van der Waals surface area contributed by atoms with Gasteiger partial charge in [0.05, 0.1) is 7.11 Å². The number of halogens is 1. The number of rotatable bonds is 3. The summed E-state index contributed by atoms with van der Waals surface area (Å²) in [4.78, 5) is 2.41. The van der Waals surface area contributed by atoms with E-state index in [0.717, 1.165) is 10.8 Å². The molecule has 2 aromatic carbocycles. The molecule has 17 heavy (non-hydrogen) atoms. The first-order chi connectivity index (χ1) is 8.19. The molecule has 0 aliphatic rings. The van der Waals surface area contributed by atoms with Crippen LogP contribution in [0.1, 0.15) is 5.56 Å². The van der Waals surface area contributed by atoms with E-state index in [1.54, 1.807) is 18.9 Å². The highest BCUT2D eigenvalue weighted by molar-refractivity contribution is 7.99. The van der Waals surface area contributed by atoms with E-state index in [9.17, 15) is 0 Å². The van der Waals surface area contributed by atoms with E-state index in [-0.39, 0.29) is 0 Å². The van der Waals surface area contributed by atoms with E-state index in [2.05, 4.69) is 13.0 Å². The first-order valence-electron chi connectivity index (χ1n) is 5.27. The van der Waals surface area contributed by atoms with Gasteiger partial charge in [-0.15, -0.1) is 0 Å². The fraction of sp³-hybridized carbons (Fsp3) is 0.143. The highest BCUT2D eigenvalue weighted by atomic mass is 35.5. The number of hydrogen-bond acceptors (Lipinski definition) is 2. The van der Waals surface area contributed by atoms with Crippen LogP contribution in [0.15, 0.2) is 52.3 Å². The third-order valence-electron chi connectivity index (χ3n) is 2.42. The Balaban J connectivity index is 2.21. The average molecular weight is 265 g/mol. The van der Waals surface area contributed by atoms with Gasteiger partial charge in [0.2, 0.25) is 0 Å². The van der Waals surface area contributed by atoms with Gasteiger partial charge in [-0.1, -0.05) is 23.4 Å². The Bertz CT molecular complexity index is 508. The predicted molar refractivity (Wildman–Crippen MR) is 73.3 cm³/mol. The lowest BCUT2D eigenvalue weighted by Crippen LogP contribution is -1.85. The Morgan fingerprint density at radius 2 is 1.76 bits per heavy atom. The second kappa shape index (κ2) is 5.48. The summed E-state index contributed by atoms with van der Waals surface area (Å²) < 4.78 is 5.19. The van der Waals surface area contributed by atoms with Crippen molar-refractivity contribution in [3.8, 4) is 5.75 Å². The molecule has 0 unspecified atom stereocenters. The van der Waals surface area contributed by atoms with Crippen molar-refractivity contribution < 1.29 is 4.74 Å². The summed E-state index contributed by atoms with van der Waals surface area (Å²) >= 11 is 7.59. The van der Waals surface area contributed by atoms with Gasteiger partial charge < -0.3 is 4.74 Å². The zero-order valence-electron chi connectivity index (χ0n) is 9.74. The van der Waals surface area contributed by atoms with Crippen molar-refractivity contribution in [2.75, 3.05) is 7.11 Å². The molecule has 0 heterocycles. The van der Waals surface area contributed by atoms with Crippen molar-refractivity contribution in [3.05, 3.63) is 53.1 Å². The molecular formula is C14H13ClOS. The lowest BCUT2D eigenvalue weighted by Gasteiger charge is -2.07. The van der Waals surface area contributed by atoms with Crippen LogP contribution in [0.2, 0.25) is 5.02 Å². The van der Waals surface area contributed by atoms with Gasteiger partial charge in [0.15, 0.2) is 0 Å². The quantitative estimate of drug-likeness (QED) is 0.787. The third-order valence-corrected chi connectivity index (χ3v) is 3.86. The summed E-state index contributed by atoms with van der Waals surface area (Å²) in [6, 6.07) is 14.0. The van der Waals surface area contributed by atoms with Crippen LogP contribution in [0.25, 0.3) is 0 Å². The molecule has 0 N–H and O–H groups in total. The van der Waals surface area contributed by atoms with Crippen LogP contribution in [0.5, 0.6) is 5.75 Å². The zero-order valence-corrected chi connectivity index (χ0v) is 11.3. The van der Waals surface area contributed by atoms with Crippen LogP contribution < -0.4 is 4.74 Å². The maximum Gasteiger partial charge on any atom is 0.119 e. The smallest absolute Gasteiger partial charge is 0.119 e. The number of aryl methyl sites for hydroxylation is 1. The number of ether oxygens (including phenoxy) is 1. The van der Waals surface area contributed by atoms with Crippen LogP contribution >= 0.6 is 23.4 Å². The Morgan fingerprint density at radius 1 is 1.06 bits per heavy atom. The second-order valence-electron chi connectivity index (χ2n) is 3.69. The van der Waals surface area contributed by atoms with Crippen LogP contribution in [0, 0.1) is 6.92 Å². The SMILES string of the molecule is COc1ccc(Sc2ccc(Cl)cc2)c(C)c1. The molecule has 0 bridgehead atoms. The van der Waals surface area contributed by atoms with Gasteiger partial charge in [0.25, 0.3) is 0 Å². The van der Waals surface area contributed by atoms with Crippen LogP contribution in [-0.4, -0.2) is 7.11 Å². The summed E-state index contributed by atoms with van der Waals surface area (Å²) in [5.74, 6) is 0.892. The van der Waals surface area contributed by atoms with Crippen LogP contribution in [0.3, 0.4) is 0 Å². The summed E-state index contributed by atoms with van der Waals surface area (Å²) in [5.41, 5.74) is 1.21. The Hall–Kier alpha value is -1.12. The van der Waals surface area contributed by atoms with Crippen molar-refractivity contribution in [1.29, 1.82) is 0 Å². The predicted octanol–water partition coefficient (Wildman–Crippen LogP) is 4.81. The van der Waals surface area contributed by atoms with E-state index in [1.165, 1.54) is 15.4 Å². The number of benzene rings is 2. The Labute approximate surface area is 111 Å². The molecule has 88 valence electrons. The Morgan fingerprint density at radius 3 is 2.35 bits per heavy atom. The Kier molecular flexibility index (Phi) is 3.97.